The summed E-state index contributed by atoms with van der Waals surface area (Å²) in [5.41, 5.74) is 5.05. The molecule has 0 aromatic heterocycles. The zero-order valence-corrected chi connectivity index (χ0v) is 19.0. The zero-order valence-electron chi connectivity index (χ0n) is 19.2. The summed E-state index contributed by atoms with van der Waals surface area (Å²) in [6, 6.07) is 6.61. The van der Waals surface area contributed by atoms with E-state index >= 15 is 0 Å². The van der Waals surface area contributed by atoms with Crippen molar-refractivity contribution in [2.24, 2.45) is 17.3 Å². The summed E-state index contributed by atoms with van der Waals surface area (Å²) in [5.74, 6) is 3.19. The highest BCUT2D eigenvalue weighted by Gasteiger charge is 2.52. The molecule has 4 atom stereocenters. The first-order valence-electron chi connectivity index (χ1n) is 11.7. The molecule has 0 bridgehead atoms. The number of allylic oxidation sites excluding steroid dienone is 1. The second-order valence-corrected chi connectivity index (χ2v) is 9.92. The van der Waals surface area contributed by atoms with Gasteiger partial charge in [-0.25, -0.2) is 0 Å². The van der Waals surface area contributed by atoms with Crippen LogP contribution >= 0.6 is 11.9 Å². The number of fused-ring (bicyclic) bond motifs is 5. The van der Waals surface area contributed by atoms with Gasteiger partial charge in [-0.3, -0.25) is 0 Å². The Hall–Kier alpha value is -0.905. The van der Waals surface area contributed by atoms with Gasteiger partial charge in [0.2, 0.25) is 7.09 Å². The largest absolute Gasteiger partial charge is 0.439 e. The van der Waals surface area contributed by atoms with Gasteiger partial charge in [-0.05, 0) is 112 Å². The van der Waals surface area contributed by atoms with Crippen LogP contribution in [0.2, 0.25) is 0 Å². The van der Waals surface area contributed by atoms with Crippen LogP contribution in [0.15, 0.2) is 29.8 Å². The average Bonchev–Trinajstić information content (AvgIpc) is 3.07. The van der Waals surface area contributed by atoms with Crippen LogP contribution in [-0.2, 0) is 11.2 Å². The molecule has 0 heterocycles. The van der Waals surface area contributed by atoms with Gasteiger partial charge in [-0.15, -0.1) is 0 Å². The highest BCUT2D eigenvalue weighted by molar-refractivity contribution is 8.16. The van der Waals surface area contributed by atoms with E-state index in [-0.39, 0.29) is 0 Å². The summed E-state index contributed by atoms with van der Waals surface area (Å²) in [6.45, 7) is 5.09. The summed E-state index contributed by atoms with van der Waals surface area (Å²) in [4.78, 5) is 2.17. The predicted octanol–water partition coefficient (Wildman–Crippen LogP) is 4.89. The van der Waals surface area contributed by atoms with Crippen LogP contribution in [0.3, 0.4) is 0 Å². The van der Waals surface area contributed by atoms with E-state index in [4.69, 9.17) is 10.3 Å². The van der Waals surface area contributed by atoms with Gasteiger partial charge in [0.25, 0.3) is 0 Å². The molecule has 0 saturated heterocycles. The number of rotatable bonds is 8. The molecule has 0 amide bonds. The molecular weight excluding hydrogens is 377 g/mol. The smallest absolute Gasteiger partial charge is 0.227 e. The Bertz CT molecular complexity index is 774. The Morgan fingerprint density at radius 1 is 1.31 bits per heavy atom. The molecule has 1 aromatic carbocycles. The fourth-order valence-corrected chi connectivity index (χ4v) is 6.55. The van der Waals surface area contributed by atoms with Gasteiger partial charge in [0.15, 0.2) is 0 Å². The maximum Gasteiger partial charge on any atom is 0.227 e. The summed E-state index contributed by atoms with van der Waals surface area (Å²) >= 11 is 1.08. The molecule has 4 rings (SSSR count). The summed E-state index contributed by atoms with van der Waals surface area (Å²) < 4.78 is 18.6. The third-order valence-corrected chi connectivity index (χ3v) is 8.11. The van der Waals surface area contributed by atoms with Crippen LogP contribution in [0.5, 0.6) is 5.75 Å². The Labute approximate surface area is 183 Å². The third-order valence-electron chi connectivity index (χ3n) is 7.82. The van der Waals surface area contributed by atoms with Gasteiger partial charge in [0.05, 0.1) is 13.2 Å². The van der Waals surface area contributed by atoms with Crippen molar-refractivity contribution in [1.29, 1.82) is 1.34 Å². The van der Waals surface area contributed by atoms with Crippen molar-refractivity contribution in [3.63, 3.8) is 0 Å². The first-order valence-corrected chi connectivity index (χ1v) is 11.9. The number of likely N-dealkylation sites (N-methyl/N-ethyl adjacent to an activating group) is 1. The van der Waals surface area contributed by atoms with Gasteiger partial charge < -0.3 is 13.8 Å². The van der Waals surface area contributed by atoms with Crippen molar-refractivity contribution in [3.05, 3.63) is 41.0 Å². The minimum absolute atomic E-state index is 0.368. The van der Waals surface area contributed by atoms with Crippen LogP contribution in [0, 0.1) is 17.3 Å². The number of ether oxygens (including phenoxy) is 1. The van der Waals surface area contributed by atoms with E-state index in [0.29, 0.717) is 11.3 Å². The molecule has 4 unspecified atom stereocenters. The maximum atomic E-state index is 7.14. The minimum Gasteiger partial charge on any atom is -0.439 e. The third kappa shape index (κ3) is 4.29. The number of hydrogen-bond donors (Lipinski definition) is 0. The topological polar surface area (TPSA) is 21.7 Å². The van der Waals surface area contributed by atoms with E-state index in [1.807, 2.05) is 0 Å². The second-order valence-electron chi connectivity index (χ2n) is 9.56. The fraction of sp³-hybridized carbons (Fsp3) is 0.667. The Kier molecular flexibility index (Phi) is 6.26. The predicted molar refractivity (Wildman–Crippen MR) is 124 cm³/mol. The summed E-state index contributed by atoms with van der Waals surface area (Å²) in [7, 11) is 5.42. The van der Waals surface area contributed by atoms with Gasteiger partial charge in [0, 0.05) is 6.54 Å². The lowest BCUT2D eigenvalue weighted by atomic mass is 9.55. The standard InChI is InChI=1S/C24H35BNO2S/c1-24-12-10-21-20-8-6-19(28-29-25)16-17(20)4-7-22(21)23(24)9-5-18(24)11-14-27-15-13-26(2)3/h6,8,11,16,21-23,25H,4-5,7,9-10,12-15H2,1-3H3/b18-11-/i25T. The van der Waals surface area contributed by atoms with Gasteiger partial charge in [-0.1, -0.05) is 24.6 Å². The quantitative estimate of drug-likeness (QED) is 0.261. The van der Waals surface area contributed by atoms with Crippen molar-refractivity contribution in [3.8, 4) is 5.75 Å². The summed E-state index contributed by atoms with van der Waals surface area (Å²) in [5, 5.41) is 0. The minimum atomic E-state index is 0.368. The molecule has 3 nitrogen and oxygen atoms in total. The van der Waals surface area contributed by atoms with Crippen LogP contribution in [0.1, 0.15) is 56.1 Å². The Morgan fingerprint density at radius 3 is 3.03 bits per heavy atom. The summed E-state index contributed by atoms with van der Waals surface area (Å²) in [6.07, 6.45) is 10.0. The molecule has 0 spiro atoms. The van der Waals surface area contributed by atoms with E-state index in [0.717, 1.165) is 55.7 Å². The molecule has 1 radical (unpaired) electrons. The Morgan fingerprint density at radius 2 is 2.21 bits per heavy atom. The van der Waals surface area contributed by atoms with Crippen LogP contribution < -0.4 is 4.18 Å². The lowest BCUT2D eigenvalue weighted by Crippen LogP contribution is -2.40. The van der Waals surface area contributed by atoms with Crippen molar-refractivity contribution >= 4 is 19.0 Å². The molecule has 3 aliphatic rings. The number of benzene rings is 1. The van der Waals surface area contributed by atoms with E-state index in [2.05, 4.69) is 50.2 Å². The molecule has 29 heavy (non-hydrogen) atoms. The zero-order chi connectivity index (χ0) is 21.1. The molecular formula is C24H35BNO2S. The lowest BCUT2D eigenvalue weighted by molar-refractivity contribution is 0.0801. The monoisotopic (exact) mass is 414 g/mol. The van der Waals surface area contributed by atoms with Crippen LogP contribution in [0.25, 0.3) is 0 Å². The van der Waals surface area contributed by atoms with E-state index in [9.17, 15) is 0 Å². The van der Waals surface area contributed by atoms with Crippen molar-refractivity contribution in [2.45, 2.75) is 51.4 Å². The molecule has 5 heteroatoms. The van der Waals surface area contributed by atoms with Crippen molar-refractivity contribution in [2.75, 3.05) is 33.9 Å². The van der Waals surface area contributed by atoms with E-state index in [1.54, 1.807) is 11.1 Å². The SMILES string of the molecule is [3H][B]SOc1ccc2c(c1)CCC1C2CCC2(C)/C(=C\COCCN(C)C)CCC12. The number of aryl methyl sites for hydroxylation is 1. The molecule has 3 aliphatic carbocycles. The van der Waals surface area contributed by atoms with Gasteiger partial charge >= 0.3 is 0 Å². The number of nitrogens with zero attached hydrogens (tertiary/aromatic N) is 1. The van der Waals surface area contributed by atoms with E-state index < -0.39 is 0 Å². The lowest BCUT2D eigenvalue weighted by Gasteiger charge is -2.49. The molecule has 0 aliphatic heterocycles. The molecule has 0 N–H and O–H groups in total. The molecule has 157 valence electrons. The molecule has 1 aromatic rings. The van der Waals surface area contributed by atoms with E-state index in [1.165, 1.54) is 44.8 Å². The highest BCUT2D eigenvalue weighted by Crippen LogP contribution is 2.62. The number of hydrogen-bond acceptors (Lipinski definition) is 4. The molecule has 2 fully saturated rings. The van der Waals surface area contributed by atoms with Crippen LogP contribution in [-0.4, -0.2) is 47.2 Å². The van der Waals surface area contributed by atoms with Crippen molar-refractivity contribution in [1.82, 2.24) is 4.90 Å². The van der Waals surface area contributed by atoms with Gasteiger partial charge in [-0.2, -0.15) is 0 Å². The first kappa shape index (κ1) is 20.0. The maximum absolute atomic E-state index is 7.14. The fourth-order valence-electron chi connectivity index (χ4n) is 6.34. The first-order chi connectivity index (χ1) is 14.5. The van der Waals surface area contributed by atoms with Gasteiger partial charge in [0.1, 0.15) is 5.75 Å². The Balaban J connectivity index is 1.43. The highest BCUT2D eigenvalue weighted by atomic mass is 32.2. The van der Waals surface area contributed by atoms with Crippen LogP contribution in [0.4, 0.5) is 0 Å². The normalized spacial score (nSPS) is 32.5. The molecule has 2 saturated carbocycles. The van der Waals surface area contributed by atoms with Crippen molar-refractivity contribution < 1.29 is 8.92 Å². The second kappa shape index (κ2) is 9.07. The average molecular weight is 414 g/mol.